The second kappa shape index (κ2) is 19.9. The summed E-state index contributed by atoms with van der Waals surface area (Å²) in [5, 5.41) is 0. The highest BCUT2D eigenvalue weighted by Gasteiger charge is 2.10. The average molecular weight is 336 g/mol. The first kappa shape index (κ1) is 23.2. The van der Waals surface area contributed by atoms with E-state index < -0.39 is 0 Å². The SMILES string of the molecule is C=CN(CCSCCCC)C(/C=C/CCF)CSC.CC. The third-order valence-electron chi connectivity index (χ3n) is 2.77. The number of alkyl halides is 1. The summed E-state index contributed by atoms with van der Waals surface area (Å²) in [4.78, 5) is 2.27. The smallest absolute Gasteiger partial charge is 0.0928 e. The van der Waals surface area contributed by atoms with Crippen molar-refractivity contribution in [1.82, 2.24) is 4.90 Å². The number of rotatable bonds is 13. The topological polar surface area (TPSA) is 3.24 Å². The molecule has 1 nitrogen and oxygen atoms in total. The van der Waals surface area contributed by atoms with E-state index in [4.69, 9.17) is 0 Å². The fourth-order valence-corrected chi connectivity index (χ4v) is 3.34. The Bertz CT molecular complexity index is 235. The lowest BCUT2D eigenvalue weighted by Crippen LogP contribution is -2.32. The summed E-state index contributed by atoms with van der Waals surface area (Å²) in [7, 11) is 0. The Balaban J connectivity index is 0. The van der Waals surface area contributed by atoms with Crippen LogP contribution in [0.4, 0.5) is 4.39 Å². The quantitative estimate of drug-likeness (QED) is 0.317. The van der Waals surface area contributed by atoms with Crippen molar-refractivity contribution >= 4 is 23.5 Å². The van der Waals surface area contributed by atoms with E-state index in [-0.39, 0.29) is 6.67 Å². The first-order valence-electron chi connectivity index (χ1n) is 7.97. The molecule has 0 aromatic heterocycles. The molecule has 0 heterocycles. The van der Waals surface area contributed by atoms with Crippen molar-refractivity contribution in [3.8, 4) is 0 Å². The standard InChI is InChI=1S/C15H28FNS2.C2H6/c1-4-6-12-19-13-11-17(5-2)15(14-18-3)9-7-8-10-16;1-2/h5,7,9,15H,2,4,6,8,10-14H2,1,3H3;1-2H3/b9-7+;. The van der Waals surface area contributed by atoms with E-state index in [1.54, 1.807) is 0 Å². The molecule has 0 aliphatic rings. The number of nitrogens with zero attached hydrogens (tertiary/aromatic N) is 1. The fraction of sp³-hybridized carbons (Fsp3) is 0.765. The van der Waals surface area contributed by atoms with Crippen molar-refractivity contribution in [3.63, 3.8) is 0 Å². The van der Waals surface area contributed by atoms with Gasteiger partial charge in [-0.15, -0.1) is 0 Å². The second-order valence-corrected chi connectivity index (χ2v) is 6.45. The van der Waals surface area contributed by atoms with E-state index in [1.807, 2.05) is 49.6 Å². The zero-order chi connectivity index (χ0) is 16.3. The molecule has 0 rings (SSSR count). The van der Waals surface area contributed by atoms with Crippen molar-refractivity contribution in [2.45, 2.75) is 46.1 Å². The summed E-state index contributed by atoms with van der Waals surface area (Å²) < 4.78 is 12.1. The number of hydrogen-bond donors (Lipinski definition) is 0. The Hall–Kier alpha value is -0.0900. The molecule has 0 bridgehead atoms. The predicted molar refractivity (Wildman–Crippen MR) is 102 cm³/mol. The zero-order valence-electron chi connectivity index (χ0n) is 14.3. The van der Waals surface area contributed by atoms with Crippen LogP contribution in [0.5, 0.6) is 0 Å². The van der Waals surface area contributed by atoms with E-state index in [0.29, 0.717) is 12.5 Å². The molecule has 0 N–H and O–H groups in total. The van der Waals surface area contributed by atoms with Crippen molar-refractivity contribution in [2.75, 3.05) is 36.7 Å². The van der Waals surface area contributed by atoms with Crippen LogP contribution in [0.2, 0.25) is 0 Å². The number of unbranched alkanes of at least 4 members (excludes halogenated alkanes) is 1. The van der Waals surface area contributed by atoms with Gasteiger partial charge in [0.15, 0.2) is 0 Å². The summed E-state index contributed by atoms with van der Waals surface area (Å²) in [6, 6.07) is 0.339. The molecule has 0 aliphatic carbocycles. The van der Waals surface area contributed by atoms with E-state index in [1.165, 1.54) is 18.6 Å². The lowest BCUT2D eigenvalue weighted by atomic mass is 10.2. The first-order valence-corrected chi connectivity index (χ1v) is 10.5. The molecule has 0 aromatic rings. The maximum atomic E-state index is 12.1. The van der Waals surface area contributed by atoms with Gasteiger partial charge in [0.25, 0.3) is 0 Å². The Morgan fingerprint density at radius 2 is 2.00 bits per heavy atom. The van der Waals surface area contributed by atoms with Crippen LogP contribution in [0.15, 0.2) is 24.9 Å². The van der Waals surface area contributed by atoms with Crippen LogP contribution in [0.25, 0.3) is 0 Å². The molecule has 0 fully saturated rings. The molecule has 0 radical (unpaired) electrons. The molecule has 1 unspecified atom stereocenters. The molecule has 0 aliphatic heterocycles. The molecule has 4 heteroatoms. The van der Waals surface area contributed by atoms with E-state index in [2.05, 4.69) is 30.7 Å². The van der Waals surface area contributed by atoms with Crippen LogP contribution >= 0.6 is 23.5 Å². The largest absolute Gasteiger partial charge is 0.370 e. The summed E-state index contributed by atoms with van der Waals surface area (Å²) >= 11 is 3.82. The van der Waals surface area contributed by atoms with Crippen molar-refractivity contribution < 1.29 is 4.39 Å². The van der Waals surface area contributed by atoms with E-state index in [0.717, 1.165) is 18.1 Å². The van der Waals surface area contributed by atoms with Crippen molar-refractivity contribution in [2.24, 2.45) is 0 Å². The zero-order valence-corrected chi connectivity index (χ0v) is 15.9. The van der Waals surface area contributed by atoms with Gasteiger partial charge in [-0.25, -0.2) is 0 Å². The molecule has 1 atom stereocenters. The predicted octanol–water partition coefficient (Wildman–Crippen LogP) is 5.64. The van der Waals surface area contributed by atoms with Crippen LogP contribution in [0.1, 0.15) is 40.0 Å². The molecule has 0 spiro atoms. The normalized spacial score (nSPS) is 11.9. The van der Waals surface area contributed by atoms with Gasteiger partial charge >= 0.3 is 0 Å². The highest BCUT2D eigenvalue weighted by atomic mass is 32.2. The minimum Gasteiger partial charge on any atom is -0.370 e. The minimum absolute atomic E-state index is 0.274. The molecule has 0 saturated carbocycles. The maximum Gasteiger partial charge on any atom is 0.0928 e. The highest BCUT2D eigenvalue weighted by Crippen LogP contribution is 2.12. The van der Waals surface area contributed by atoms with Crippen LogP contribution < -0.4 is 0 Å². The first-order chi connectivity index (χ1) is 10.3. The van der Waals surface area contributed by atoms with Crippen LogP contribution in [0.3, 0.4) is 0 Å². The van der Waals surface area contributed by atoms with Crippen molar-refractivity contribution in [3.05, 3.63) is 24.9 Å². The summed E-state index contributed by atoms with van der Waals surface area (Å²) in [5.74, 6) is 3.40. The molecule has 0 saturated heterocycles. The summed E-state index contributed by atoms with van der Waals surface area (Å²) in [6.45, 7) is 10.9. The molecule has 126 valence electrons. The monoisotopic (exact) mass is 335 g/mol. The number of hydrogen-bond acceptors (Lipinski definition) is 3. The molecule has 21 heavy (non-hydrogen) atoms. The minimum atomic E-state index is -0.274. The van der Waals surface area contributed by atoms with Gasteiger partial charge in [-0.2, -0.15) is 23.5 Å². The van der Waals surface area contributed by atoms with Gasteiger partial charge in [-0.3, -0.25) is 4.39 Å². The van der Waals surface area contributed by atoms with Gasteiger partial charge in [-0.05, 0) is 31.1 Å². The second-order valence-electron chi connectivity index (χ2n) is 4.31. The lowest BCUT2D eigenvalue weighted by molar-refractivity contribution is 0.361. The van der Waals surface area contributed by atoms with E-state index in [9.17, 15) is 4.39 Å². The van der Waals surface area contributed by atoms with Gasteiger partial charge in [0.1, 0.15) is 0 Å². The summed E-state index contributed by atoms with van der Waals surface area (Å²) in [6.07, 6.45) is 11.2. The molecule has 0 amide bonds. The molecular weight excluding hydrogens is 301 g/mol. The van der Waals surface area contributed by atoms with Gasteiger partial charge in [0.05, 0.1) is 12.7 Å². The maximum absolute atomic E-state index is 12.1. The number of halogens is 1. The van der Waals surface area contributed by atoms with Crippen LogP contribution in [-0.4, -0.2) is 47.7 Å². The third-order valence-corrected chi connectivity index (χ3v) is 4.49. The fourth-order valence-electron chi connectivity index (χ4n) is 1.66. The van der Waals surface area contributed by atoms with Gasteiger partial charge in [0, 0.05) is 18.1 Å². The Labute approximate surface area is 140 Å². The van der Waals surface area contributed by atoms with Crippen molar-refractivity contribution in [1.29, 1.82) is 0 Å². The Morgan fingerprint density at radius 1 is 1.29 bits per heavy atom. The van der Waals surface area contributed by atoms with Crippen LogP contribution in [-0.2, 0) is 0 Å². The Morgan fingerprint density at radius 3 is 2.52 bits per heavy atom. The number of allylic oxidation sites excluding steroid dienone is 1. The number of thioether (sulfide) groups is 2. The van der Waals surface area contributed by atoms with Gasteiger partial charge in [0.2, 0.25) is 0 Å². The summed E-state index contributed by atoms with van der Waals surface area (Å²) in [5.41, 5.74) is 0. The van der Waals surface area contributed by atoms with Crippen LogP contribution in [0, 0.1) is 0 Å². The lowest BCUT2D eigenvalue weighted by Gasteiger charge is -2.27. The van der Waals surface area contributed by atoms with Gasteiger partial charge in [-0.1, -0.05) is 45.9 Å². The Kier molecular flexibility index (Phi) is 22.0. The van der Waals surface area contributed by atoms with E-state index >= 15 is 0 Å². The third kappa shape index (κ3) is 14.6. The van der Waals surface area contributed by atoms with Gasteiger partial charge < -0.3 is 4.90 Å². The molecular formula is C17H34FNS2. The highest BCUT2D eigenvalue weighted by molar-refractivity contribution is 7.99. The molecule has 0 aromatic carbocycles. The average Bonchev–Trinajstić information content (AvgIpc) is 2.52.